The van der Waals surface area contributed by atoms with Crippen molar-refractivity contribution < 1.29 is 0 Å². The molecule has 0 radical (unpaired) electrons. The number of hydrogen-bond acceptors (Lipinski definition) is 4. The van der Waals surface area contributed by atoms with E-state index in [1.165, 1.54) is 20.7 Å². The van der Waals surface area contributed by atoms with Crippen LogP contribution >= 0.6 is 22.7 Å². The molecule has 1 N–H and O–H groups in total. The number of thiazole rings is 1. The molecule has 0 aliphatic carbocycles. The molecule has 1 atom stereocenters. The minimum atomic E-state index is 0.349. The molecular formula is C16H18N2S2. The summed E-state index contributed by atoms with van der Waals surface area (Å²) in [5.74, 6) is 0. The molecule has 0 saturated carbocycles. The van der Waals surface area contributed by atoms with E-state index in [9.17, 15) is 0 Å². The molecule has 4 heteroatoms. The lowest BCUT2D eigenvalue weighted by atomic mass is 10.0. The van der Waals surface area contributed by atoms with Crippen molar-refractivity contribution in [3.8, 4) is 0 Å². The fourth-order valence-corrected chi connectivity index (χ4v) is 4.31. The third-order valence-electron chi connectivity index (χ3n) is 3.38. The number of nitrogens with one attached hydrogen (secondary N) is 1. The largest absolute Gasteiger partial charge is 0.310 e. The average Bonchev–Trinajstić information content (AvgIpc) is 3.04. The third kappa shape index (κ3) is 2.77. The monoisotopic (exact) mass is 302 g/mol. The van der Waals surface area contributed by atoms with E-state index in [2.05, 4.69) is 59.2 Å². The van der Waals surface area contributed by atoms with Gasteiger partial charge in [-0.05, 0) is 35.9 Å². The second-order valence-corrected chi connectivity index (χ2v) is 6.74. The number of benzene rings is 1. The molecule has 0 bridgehead atoms. The van der Waals surface area contributed by atoms with Crippen molar-refractivity contribution in [2.45, 2.75) is 26.3 Å². The van der Waals surface area contributed by atoms with Gasteiger partial charge in [0.2, 0.25) is 0 Å². The minimum Gasteiger partial charge on any atom is -0.310 e. The number of likely N-dealkylation sites (N-methyl/N-ethyl adjacent to an activating group) is 1. The van der Waals surface area contributed by atoms with Gasteiger partial charge in [-0.25, -0.2) is 4.98 Å². The smallest absolute Gasteiger partial charge is 0.0947 e. The summed E-state index contributed by atoms with van der Waals surface area (Å²) in [6.07, 6.45) is 0.965. The van der Waals surface area contributed by atoms with Gasteiger partial charge in [-0.3, -0.25) is 0 Å². The summed E-state index contributed by atoms with van der Waals surface area (Å²) in [6.45, 7) is 5.19. The van der Waals surface area contributed by atoms with Gasteiger partial charge in [0.1, 0.15) is 0 Å². The molecule has 1 aromatic carbocycles. The normalized spacial score (nSPS) is 12.9. The number of thiophene rings is 1. The van der Waals surface area contributed by atoms with E-state index in [-0.39, 0.29) is 0 Å². The third-order valence-corrected chi connectivity index (χ3v) is 5.35. The van der Waals surface area contributed by atoms with E-state index in [1.807, 2.05) is 11.3 Å². The number of aryl methyl sites for hydroxylation is 1. The van der Waals surface area contributed by atoms with Crippen molar-refractivity contribution in [2.24, 2.45) is 0 Å². The summed E-state index contributed by atoms with van der Waals surface area (Å²) in [7, 11) is 0. The molecule has 104 valence electrons. The highest BCUT2D eigenvalue weighted by Gasteiger charge is 2.17. The van der Waals surface area contributed by atoms with E-state index in [4.69, 9.17) is 0 Å². The van der Waals surface area contributed by atoms with Crippen LogP contribution in [0.5, 0.6) is 0 Å². The van der Waals surface area contributed by atoms with E-state index in [0.29, 0.717) is 6.04 Å². The van der Waals surface area contributed by atoms with Crippen LogP contribution in [0.15, 0.2) is 35.0 Å². The van der Waals surface area contributed by atoms with Gasteiger partial charge in [-0.2, -0.15) is 0 Å². The molecule has 0 saturated heterocycles. The SMILES string of the molecule is CCNC(Cc1nc(C)cs1)c1csc2ccccc12. The van der Waals surface area contributed by atoms with Crippen LogP contribution in [0.1, 0.15) is 29.2 Å². The second kappa shape index (κ2) is 6.04. The number of aromatic nitrogens is 1. The molecule has 20 heavy (non-hydrogen) atoms. The molecule has 0 amide bonds. The molecule has 0 spiro atoms. The topological polar surface area (TPSA) is 24.9 Å². The Morgan fingerprint density at radius 2 is 2.05 bits per heavy atom. The van der Waals surface area contributed by atoms with Gasteiger partial charge in [-0.1, -0.05) is 25.1 Å². The highest BCUT2D eigenvalue weighted by Crippen LogP contribution is 2.32. The second-order valence-electron chi connectivity index (χ2n) is 4.88. The minimum absolute atomic E-state index is 0.349. The summed E-state index contributed by atoms with van der Waals surface area (Å²) < 4.78 is 1.36. The molecule has 0 aliphatic heterocycles. The molecule has 1 unspecified atom stereocenters. The molecule has 2 nitrogen and oxygen atoms in total. The first-order valence-corrected chi connectivity index (χ1v) is 8.64. The maximum Gasteiger partial charge on any atom is 0.0947 e. The predicted molar refractivity (Wildman–Crippen MR) is 88.8 cm³/mol. The first-order valence-electron chi connectivity index (χ1n) is 6.88. The zero-order valence-corrected chi connectivity index (χ0v) is 13.4. The van der Waals surface area contributed by atoms with Crippen molar-refractivity contribution in [3.05, 3.63) is 51.3 Å². The molecule has 0 fully saturated rings. The van der Waals surface area contributed by atoms with Gasteiger partial charge < -0.3 is 5.32 Å². The fraction of sp³-hybridized carbons (Fsp3) is 0.312. The van der Waals surface area contributed by atoms with Crippen LogP contribution < -0.4 is 5.32 Å². The van der Waals surface area contributed by atoms with E-state index in [0.717, 1.165) is 18.7 Å². The maximum absolute atomic E-state index is 4.60. The Morgan fingerprint density at radius 1 is 1.20 bits per heavy atom. The van der Waals surface area contributed by atoms with Gasteiger partial charge in [0.25, 0.3) is 0 Å². The zero-order chi connectivity index (χ0) is 13.9. The first-order chi connectivity index (χ1) is 9.78. The summed E-state index contributed by atoms with van der Waals surface area (Å²) in [5.41, 5.74) is 2.52. The van der Waals surface area contributed by atoms with E-state index >= 15 is 0 Å². The van der Waals surface area contributed by atoms with Crippen LogP contribution in [0.4, 0.5) is 0 Å². The Hall–Kier alpha value is -1.23. The van der Waals surface area contributed by atoms with Crippen LogP contribution in [0.25, 0.3) is 10.1 Å². The van der Waals surface area contributed by atoms with Crippen LogP contribution in [0, 0.1) is 6.92 Å². The Balaban J connectivity index is 1.93. The Morgan fingerprint density at radius 3 is 2.80 bits per heavy atom. The first kappa shape index (κ1) is 13.7. The molecule has 2 aromatic heterocycles. The number of hydrogen-bond donors (Lipinski definition) is 1. The maximum atomic E-state index is 4.60. The highest BCUT2D eigenvalue weighted by atomic mass is 32.1. The van der Waals surface area contributed by atoms with Crippen LogP contribution in [-0.4, -0.2) is 11.5 Å². The lowest BCUT2D eigenvalue weighted by molar-refractivity contribution is 0.553. The van der Waals surface area contributed by atoms with Crippen molar-refractivity contribution in [1.29, 1.82) is 0 Å². The van der Waals surface area contributed by atoms with Crippen molar-refractivity contribution in [2.75, 3.05) is 6.54 Å². The highest BCUT2D eigenvalue weighted by molar-refractivity contribution is 7.17. The van der Waals surface area contributed by atoms with Gasteiger partial charge in [-0.15, -0.1) is 22.7 Å². The fourth-order valence-electron chi connectivity index (χ4n) is 2.48. The molecule has 3 aromatic rings. The van der Waals surface area contributed by atoms with Gasteiger partial charge in [0.05, 0.1) is 5.01 Å². The quantitative estimate of drug-likeness (QED) is 0.747. The predicted octanol–water partition coefficient (Wildman–Crippen LogP) is 4.56. The number of nitrogens with zero attached hydrogens (tertiary/aromatic N) is 1. The van der Waals surface area contributed by atoms with E-state index < -0.39 is 0 Å². The Labute approximate surface area is 127 Å². The summed E-state index contributed by atoms with van der Waals surface area (Å²) in [6, 6.07) is 8.99. The Bertz CT molecular complexity index is 699. The van der Waals surface area contributed by atoms with Crippen LogP contribution in [-0.2, 0) is 6.42 Å². The molecule has 0 aliphatic rings. The van der Waals surface area contributed by atoms with Gasteiger partial charge in [0, 0.05) is 28.2 Å². The molecular weight excluding hydrogens is 284 g/mol. The number of rotatable bonds is 5. The zero-order valence-electron chi connectivity index (χ0n) is 11.7. The van der Waals surface area contributed by atoms with Crippen LogP contribution in [0.2, 0.25) is 0 Å². The van der Waals surface area contributed by atoms with Crippen molar-refractivity contribution in [1.82, 2.24) is 10.3 Å². The van der Waals surface area contributed by atoms with Gasteiger partial charge >= 0.3 is 0 Å². The number of fused-ring (bicyclic) bond motifs is 1. The van der Waals surface area contributed by atoms with Crippen LogP contribution in [0.3, 0.4) is 0 Å². The van der Waals surface area contributed by atoms with Crippen molar-refractivity contribution in [3.63, 3.8) is 0 Å². The molecule has 2 heterocycles. The van der Waals surface area contributed by atoms with Gasteiger partial charge in [0.15, 0.2) is 0 Å². The summed E-state index contributed by atoms with van der Waals surface area (Å²) in [5, 5.41) is 10.6. The average molecular weight is 302 g/mol. The standard InChI is InChI=1S/C16H18N2S2/c1-3-17-14(8-16-18-11(2)9-20-16)13-10-19-15-7-5-4-6-12(13)15/h4-7,9-10,14,17H,3,8H2,1-2H3. The lowest BCUT2D eigenvalue weighted by Gasteiger charge is -2.16. The molecule has 3 rings (SSSR count). The summed E-state index contributed by atoms with van der Waals surface area (Å²) in [4.78, 5) is 4.60. The summed E-state index contributed by atoms with van der Waals surface area (Å²) >= 11 is 3.59. The Kier molecular flexibility index (Phi) is 4.15. The van der Waals surface area contributed by atoms with E-state index in [1.54, 1.807) is 11.3 Å². The lowest BCUT2D eigenvalue weighted by Crippen LogP contribution is -2.22. The van der Waals surface area contributed by atoms with Crippen molar-refractivity contribution >= 4 is 32.8 Å².